The quantitative estimate of drug-likeness (QED) is 0.503. The van der Waals surface area contributed by atoms with Crippen molar-refractivity contribution in [2.45, 2.75) is 51.2 Å². The number of carbonyl (C=O) groups is 1. The zero-order chi connectivity index (χ0) is 21.8. The van der Waals surface area contributed by atoms with E-state index in [4.69, 9.17) is 9.47 Å². The maximum atomic E-state index is 13.8. The molecule has 1 aromatic carbocycles. The highest BCUT2D eigenvalue weighted by atomic mass is 19.1. The van der Waals surface area contributed by atoms with Crippen LogP contribution in [0, 0.1) is 11.7 Å². The Bertz CT molecular complexity index is 631. The van der Waals surface area contributed by atoms with Crippen LogP contribution in [-0.4, -0.2) is 64.0 Å². The number of nitrogens with one attached hydrogen (secondary N) is 2. The van der Waals surface area contributed by atoms with Gasteiger partial charge in [0.1, 0.15) is 5.82 Å². The first-order valence-corrected chi connectivity index (χ1v) is 11.1. The molecule has 7 heteroatoms. The van der Waals surface area contributed by atoms with Crippen molar-refractivity contribution in [2.24, 2.45) is 5.92 Å². The van der Waals surface area contributed by atoms with Gasteiger partial charge in [0.25, 0.3) is 0 Å². The monoisotopic (exact) mass is 423 g/mol. The number of hydrogen-bond acceptors (Lipinski definition) is 4. The molecule has 0 aromatic heterocycles. The molecule has 0 aliphatic carbocycles. The molecule has 30 heavy (non-hydrogen) atoms. The van der Waals surface area contributed by atoms with Crippen molar-refractivity contribution in [1.29, 1.82) is 0 Å². The molecule has 1 aliphatic heterocycles. The van der Waals surface area contributed by atoms with E-state index in [2.05, 4.69) is 17.6 Å². The summed E-state index contributed by atoms with van der Waals surface area (Å²) in [7, 11) is 3.58. The summed E-state index contributed by atoms with van der Waals surface area (Å²) in [6.07, 6.45) is 4.34. The number of urea groups is 1. The lowest BCUT2D eigenvalue weighted by Crippen LogP contribution is -2.51. The molecule has 2 rings (SSSR count). The van der Waals surface area contributed by atoms with Gasteiger partial charge < -0.3 is 25.0 Å². The maximum Gasteiger partial charge on any atom is 0.317 e. The zero-order valence-electron chi connectivity index (χ0n) is 18.7. The van der Waals surface area contributed by atoms with Gasteiger partial charge in [-0.25, -0.2) is 9.18 Å². The van der Waals surface area contributed by atoms with Crippen molar-refractivity contribution in [2.75, 3.05) is 47.0 Å². The number of rotatable bonds is 12. The molecule has 1 aromatic rings. The van der Waals surface area contributed by atoms with Crippen molar-refractivity contribution in [3.8, 4) is 0 Å². The third-order valence-corrected chi connectivity index (χ3v) is 5.53. The second-order valence-corrected chi connectivity index (χ2v) is 8.03. The third-order valence-electron chi connectivity index (χ3n) is 5.53. The molecule has 1 fully saturated rings. The van der Waals surface area contributed by atoms with Crippen LogP contribution in [0.5, 0.6) is 0 Å². The van der Waals surface area contributed by atoms with E-state index in [1.54, 1.807) is 19.2 Å². The summed E-state index contributed by atoms with van der Waals surface area (Å²) in [6.45, 7) is 5.43. The average Bonchev–Trinajstić information content (AvgIpc) is 2.74. The number of likely N-dealkylation sites (N-methyl/N-ethyl adjacent to an activating group) is 1. The van der Waals surface area contributed by atoms with Gasteiger partial charge in [-0.3, -0.25) is 0 Å². The summed E-state index contributed by atoms with van der Waals surface area (Å²) >= 11 is 0. The number of methoxy groups -OCH3 is 1. The molecule has 0 saturated carbocycles. The Balaban J connectivity index is 2.02. The number of likely N-dealkylation sites (tertiary alicyclic amines) is 1. The van der Waals surface area contributed by atoms with Crippen LogP contribution < -0.4 is 10.6 Å². The predicted octanol–water partition coefficient (Wildman–Crippen LogP) is 3.73. The van der Waals surface area contributed by atoms with Crippen molar-refractivity contribution >= 4 is 6.03 Å². The van der Waals surface area contributed by atoms with E-state index in [1.165, 1.54) is 6.07 Å². The molecule has 0 unspecified atom stereocenters. The number of nitrogens with zero attached hydrogens (tertiary/aromatic N) is 1. The minimum Gasteiger partial charge on any atom is -0.385 e. The number of halogens is 1. The molecule has 1 heterocycles. The summed E-state index contributed by atoms with van der Waals surface area (Å²) in [4.78, 5) is 14.8. The zero-order valence-corrected chi connectivity index (χ0v) is 18.7. The minimum atomic E-state index is -0.256. The van der Waals surface area contributed by atoms with E-state index < -0.39 is 0 Å². The number of piperidine rings is 1. The van der Waals surface area contributed by atoms with Gasteiger partial charge in [-0.1, -0.05) is 19.1 Å². The Labute approximate surface area is 180 Å². The van der Waals surface area contributed by atoms with Gasteiger partial charge in [-0.15, -0.1) is 0 Å². The molecule has 0 radical (unpaired) electrons. The second kappa shape index (κ2) is 13.6. The standard InChI is InChI=1S/C23H38FN3O3/c1-4-13-30-22(18-8-5-10-20(24)15-18)19-9-6-12-27(17-19)23(28)26-21(16-25-2)11-7-14-29-3/h5,8,10,15,19,21-22,25H,4,6-7,9,11-14,16-17H2,1-3H3,(H,26,28)/t19-,21+,22+/m1/s1. The van der Waals surface area contributed by atoms with Crippen molar-refractivity contribution in [3.05, 3.63) is 35.6 Å². The number of ether oxygens (including phenoxy) is 2. The van der Waals surface area contributed by atoms with Crippen LogP contribution in [-0.2, 0) is 9.47 Å². The molecule has 1 aliphatic rings. The van der Waals surface area contributed by atoms with Gasteiger partial charge in [0.15, 0.2) is 0 Å². The van der Waals surface area contributed by atoms with Crippen LogP contribution in [0.25, 0.3) is 0 Å². The van der Waals surface area contributed by atoms with Crippen LogP contribution in [0.2, 0.25) is 0 Å². The normalized spacial score (nSPS) is 18.8. The first kappa shape index (κ1) is 24.6. The lowest BCUT2D eigenvalue weighted by molar-refractivity contribution is -0.0102. The maximum absolute atomic E-state index is 13.8. The Morgan fingerprint density at radius 2 is 2.20 bits per heavy atom. The Morgan fingerprint density at radius 3 is 2.90 bits per heavy atom. The number of amides is 2. The minimum absolute atomic E-state index is 0.0362. The van der Waals surface area contributed by atoms with Gasteiger partial charge in [0.05, 0.1) is 6.10 Å². The Morgan fingerprint density at radius 1 is 1.37 bits per heavy atom. The van der Waals surface area contributed by atoms with Gasteiger partial charge in [-0.2, -0.15) is 0 Å². The lowest BCUT2D eigenvalue weighted by Gasteiger charge is -2.37. The predicted molar refractivity (Wildman–Crippen MR) is 117 cm³/mol. The number of hydrogen-bond donors (Lipinski definition) is 2. The Hall–Kier alpha value is -1.70. The third kappa shape index (κ3) is 7.85. The average molecular weight is 424 g/mol. The van der Waals surface area contributed by atoms with Crippen LogP contribution in [0.1, 0.15) is 50.7 Å². The summed E-state index contributed by atoms with van der Waals surface area (Å²) in [5, 5.41) is 6.32. The van der Waals surface area contributed by atoms with Crippen molar-refractivity contribution < 1.29 is 18.7 Å². The number of benzene rings is 1. The van der Waals surface area contributed by atoms with Crippen LogP contribution in [0.15, 0.2) is 24.3 Å². The van der Waals surface area contributed by atoms with E-state index in [9.17, 15) is 9.18 Å². The highest BCUT2D eigenvalue weighted by Crippen LogP contribution is 2.33. The summed E-state index contributed by atoms with van der Waals surface area (Å²) in [5.41, 5.74) is 0.850. The second-order valence-electron chi connectivity index (χ2n) is 8.03. The lowest BCUT2D eigenvalue weighted by atomic mass is 9.88. The highest BCUT2D eigenvalue weighted by molar-refractivity contribution is 5.74. The first-order valence-electron chi connectivity index (χ1n) is 11.1. The molecule has 1 saturated heterocycles. The smallest absolute Gasteiger partial charge is 0.317 e. The fraction of sp³-hybridized carbons (Fsp3) is 0.696. The molecule has 3 atom stereocenters. The molecular weight excluding hydrogens is 385 g/mol. The molecule has 6 nitrogen and oxygen atoms in total. The fourth-order valence-corrected chi connectivity index (χ4v) is 4.09. The van der Waals surface area contributed by atoms with E-state index in [0.29, 0.717) is 19.8 Å². The fourth-order valence-electron chi connectivity index (χ4n) is 4.09. The van der Waals surface area contributed by atoms with E-state index in [1.807, 2.05) is 18.0 Å². The van der Waals surface area contributed by atoms with E-state index >= 15 is 0 Å². The molecule has 0 spiro atoms. The molecule has 0 bridgehead atoms. The molecule has 2 amide bonds. The SMILES string of the molecule is CCCO[C@@H](c1cccc(F)c1)[C@@H]1CCCN(C(=O)N[C@@H](CCCOC)CNC)C1. The summed E-state index contributed by atoms with van der Waals surface area (Å²) < 4.78 is 25.1. The summed E-state index contributed by atoms with van der Waals surface area (Å²) in [6, 6.07) is 6.67. The van der Waals surface area contributed by atoms with Crippen molar-refractivity contribution in [3.63, 3.8) is 0 Å². The molecule has 170 valence electrons. The number of carbonyl (C=O) groups excluding carboxylic acids is 1. The Kier molecular flexibility index (Phi) is 11.1. The van der Waals surface area contributed by atoms with Crippen LogP contribution in [0.3, 0.4) is 0 Å². The van der Waals surface area contributed by atoms with E-state index in [-0.39, 0.29) is 29.9 Å². The summed E-state index contributed by atoms with van der Waals surface area (Å²) in [5.74, 6) is -0.108. The van der Waals surface area contributed by atoms with Gasteiger partial charge in [0, 0.05) is 51.9 Å². The van der Waals surface area contributed by atoms with Gasteiger partial charge in [0.2, 0.25) is 0 Å². The largest absolute Gasteiger partial charge is 0.385 e. The van der Waals surface area contributed by atoms with Crippen LogP contribution in [0.4, 0.5) is 9.18 Å². The van der Waals surface area contributed by atoms with Gasteiger partial charge >= 0.3 is 6.03 Å². The van der Waals surface area contributed by atoms with Crippen molar-refractivity contribution in [1.82, 2.24) is 15.5 Å². The highest BCUT2D eigenvalue weighted by Gasteiger charge is 2.31. The van der Waals surface area contributed by atoms with Crippen LogP contribution >= 0.6 is 0 Å². The van der Waals surface area contributed by atoms with E-state index in [0.717, 1.165) is 50.8 Å². The first-order chi connectivity index (χ1) is 14.6. The topological polar surface area (TPSA) is 62.8 Å². The molecule has 2 N–H and O–H groups in total. The van der Waals surface area contributed by atoms with Gasteiger partial charge in [-0.05, 0) is 56.8 Å². The molecular formula is C23H38FN3O3.